The Morgan fingerprint density at radius 2 is 1.68 bits per heavy atom. The molecule has 0 radical (unpaired) electrons. The lowest BCUT2D eigenvalue weighted by molar-refractivity contribution is -0.149. The molecule has 6 atom stereocenters. The maximum absolute atomic E-state index is 13.6. The lowest BCUT2D eigenvalue weighted by atomic mass is 9.78. The van der Waals surface area contributed by atoms with Gasteiger partial charge in [-0.05, 0) is 129 Å². The summed E-state index contributed by atoms with van der Waals surface area (Å²) in [4.78, 5) is 39.6. The van der Waals surface area contributed by atoms with Crippen LogP contribution in [0.15, 0.2) is 35.2 Å². The monoisotopic (exact) mass is 918 g/mol. The second-order valence-corrected chi connectivity index (χ2v) is 15.8. The molecule has 4 aliphatic rings. The SMILES string of the molecule is O=C(OC1C2CC3C1OC(=O)C3C2C(=O)Oc1ccc(S(=O)(=O)O)c(C2CCCCC2)c1)c1c(I)ccc(I)c1I. The van der Waals surface area contributed by atoms with Gasteiger partial charge in [-0.2, -0.15) is 8.42 Å². The molecule has 6 unspecified atom stereocenters. The van der Waals surface area contributed by atoms with Crippen molar-refractivity contribution in [2.45, 2.75) is 61.5 Å². The summed E-state index contributed by atoms with van der Waals surface area (Å²) in [5.41, 5.74) is 0.870. The molecular formula is C28H25I3O9S. The molecule has 9 nitrogen and oxygen atoms in total. The molecule has 2 bridgehead atoms. The zero-order valence-corrected chi connectivity index (χ0v) is 28.7. The molecule has 6 rings (SSSR count). The first-order valence-corrected chi connectivity index (χ1v) is 18.0. The van der Waals surface area contributed by atoms with Gasteiger partial charge in [-0.1, -0.05) is 19.3 Å². The third-order valence-electron chi connectivity index (χ3n) is 8.83. The van der Waals surface area contributed by atoms with Crippen LogP contribution in [0.1, 0.15) is 60.4 Å². The average molecular weight is 918 g/mol. The number of hydrogen-bond acceptors (Lipinski definition) is 8. The lowest BCUT2D eigenvalue weighted by Gasteiger charge is -2.30. The molecule has 2 aromatic carbocycles. The van der Waals surface area contributed by atoms with Gasteiger partial charge in [-0.25, -0.2) is 4.79 Å². The molecule has 3 aliphatic carbocycles. The molecule has 0 amide bonds. The highest BCUT2D eigenvalue weighted by Gasteiger charge is 2.70. The number of rotatable bonds is 6. The van der Waals surface area contributed by atoms with E-state index in [-0.39, 0.29) is 22.5 Å². The molecular weight excluding hydrogens is 893 g/mol. The van der Waals surface area contributed by atoms with Crippen molar-refractivity contribution >= 4 is 95.8 Å². The molecule has 4 fully saturated rings. The Balaban J connectivity index is 1.26. The van der Waals surface area contributed by atoms with Crippen molar-refractivity contribution in [3.05, 3.63) is 52.2 Å². The minimum Gasteiger partial charge on any atom is -0.458 e. The van der Waals surface area contributed by atoms with Gasteiger partial charge < -0.3 is 14.2 Å². The van der Waals surface area contributed by atoms with E-state index >= 15 is 0 Å². The van der Waals surface area contributed by atoms with Gasteiger partial charge in [-0.3, -0.25) is 14.1 Å². The fraction of sp³-hybridized carbons (Fsp3) is 0.464. The number of benzene rings is 2. The highest BCUT2D eigenvalue weighted by atomic mass is 127. The normalized spacial score (nSPS) is 28.9. The number of esters is 3. The molecule has 0 aromatic heterocycles. The Kier molecular flexibility index (Phi) is 8.39. The van der Waals surface area contributed by atoms with Crippen molar-refractivity contribution in [2.24, 2.45) is 23.7 Å². The van der Waals surface area contributed by atoms with Gasteiger partial charge in [0.1, 0.15) is 18.0 Å². The van der Waals surface area contributed by atoms with Crippen LogP contribution in [0.5, 0.6) is 5.75 Å². The molecule has 2 aromatic rings. The minimum atomic E-state index is -4.47. The number of halogens is 3. The van der Waals surface area contributed by atoms with Crippen LogP contribution in [-0.4, -0.2) is 43.1 Å². The van der Waals surface area contributed by atoms with Crippen molar-refractivity contribution < 1.29 is 41.6 Å². The zero-order valence-electron chi connectivity index (χ0n) is 21.4. The van der Waals surface area contributed by atoms with Gasteiger partial charge in [0.05, 0.1) is 22.3 Å². The van der Waals surface area contributed by atoms with Crippen LogP contribution in [0.4, 0.5) is 0 Å². The highest BCUT2D eigenvalue weighted by molar-refractivity contribution is 14.1. The lowest BCUT2D eigenvalue weighted by Crippen LogP contribution is -2.44. The van der Waals surface area contributed by atoms with Crippen LogP contribution in [-0.2, 0) is 29.2 Å². The van der Waals surface area contributed by atoms with Crippen LogP contribution in [0.2, 0.25) is 0 Å². The Morgan fingerprint density at radius 3 is 2.39 bits per heavy atom. The smallest absolute Gasteiger partial charge is 0.340 e. The van der Waals surface area contributed by atoms with Crippen LogP contribution >= 0.6 is 67.8 Å². The van der Waals surface area contributed by atoms with E-state index in [1.54, 1.807) is 0 Å². The predicted octanol–water partition coefficient (Wildman–Crippen LogP) is 5.73. The van der Waals surface area contributed by atoms with Crippen LogP contribution in [0.25, 0.3) is 0 Å². The van der Waals surface area contributed by atoms with E-state index in [0.717, 1.165) is 42.8 Å². The predicted molar refractivity (Wildman–Crippen MR) is 170 cm³/mol. The van der Waals surface area contributed by atoms with Crippen molar-refractivity contribution in [3.8, 4) is 5.75 Å². The topological polar surface area (TPSA) is 133 Å². The van der Waals surface area contributed by atoms with Gasteiger partial charge >= 0.3 is 17.9 Å². The van der Waals surface area contributed by atoms with Gasteiger partial charge in [0.25, 0.3) is 10.1 Å². The number of carbonyl (C=O) groups is 3. The van der Waals surface area contributed by atoms with E-state index in [9.17, 15) is 27.4 Å². The highest BCUT2D eigenvalue weighted by Crippen LogP contribution is 2.59. The van der Waals surface area contributed by atoms with Crippen LogP contribution in [0.3, 0.4) is 0 Å². The van der Waals surface area contributed by atoms with E-state index in [4.69, 9.17) is 14.2 Å². The number of carbonyl (C=O) groups excluding carboxylic acids is 3. The Morgan fingerprint density at radius 1 is 0.976 bits per heavy atom. The second kappa shape index (κ2) is 11.5. The van der Waals surface area contributed by atoms with Crippen molar-refractivity contribution in [2.75, 3.05) is 0 Å². The standard InChI is InChI=1S/C28H25I3O9S/c29-17-7-8-18(30)23(31)22(17)28(34)40-25-15-11-16-21(27(33)39-24(16)25)20(15)26(32)38-13-6-9-19(41(35,36)37)14(10-13)12-4-2-1-3-5-12/h6-10,12,15-16,20-21,24-25H,1-5,11H2,(H,35,36,37). The van der Waals surface area contributed by atoms with E-state index in [2.05, 4.69) is 67.8 Å². The summed E-state index contributed by atoms with van der Waals surface area (Å²) in [6, 6.07) is 7.86. The Labute approximate surface area is 278 Å². The Hall–Kier alpha value is -1.05. The van der Waals surface area contributed by atoms with E-state index in [1.165, 1.54) is 18.2 Å². The molecule has 1 aliphatic heterocycles. The second-order valence-electron chi connectivity index (χ2n) is 11.0. The number of fused-ring (bicyclic) bond motifs is 1. The largest absolute Gasteiger partial charge is 0.458 e. The maximum atomic E-state index is 13.6. The third kappa shape index (κ3) is 5.43. The fourth-order valence-corrected chi connectivity index (χ4v) is 10.2. The summed E-state index contributed by atoms with van der Waals surface area (Å²) in [6.45, 7) is 0. The third-order valence-corrected chi connectivity index (χ3v) is 13.7. The molecule has 3 saturated carbocycles. The molecule has 13 heteroatoms. The van der Waals surface area contributed by atoms with Crippen molar-refractivity contribution in [3.63, 3.8) is 0 Å². The molecule has 1 N–H and O–H groups in total. The first-order chi connectivity index (χ1) is 19.5. The minimum absolute atomic E-state index is 0.0807. The van der Waals surface area contributed by atoms with Gasteiger partial charge in [0.2, 0.25) is 0 Å². The van der Waals surface area contributed by atoms with Crippen molar-refractivity contribution in [1.82, 2.24) is 0 Å². The van der Waals surface area contributed by atoms with Gasteiger partial charge in [0, 0.05) is 22.5 Å². The summed E-state index contributed by atoms with van der Waals surface area (Å²) in [5.74, 6) is -3.85. The zero-order chi connectivity index (χ0) is 29.2. The molecule has 1 heterocycles. The van der Waals surface area contributed by atoms with E-state index < -0.39 is 58.0 Å². The molecule has 218 valence electrons. The quantitative estimate of drug-likeness (QED) is 0.127. The fourth-order valence-electron chi connectivity index (χ4n) is 7.11. The summed E-state index contributed by atoms with van der Waals surface area (Å²) >= 11 is 6.35. The van der Waals surface area contributed by atoms with Crippen molar-refractivity contribution in [1.29, 1.82) is 0 Å². The van der Waals surface area contributed by atoms with E-state index in [1.807, 2.05) is 12.1 Å². The van der Waals surface area contributed by atoms with Crippen LogP contribution < -0.4 is 4.74 Å². The first kappa shape index (κ1) is 30.0. The van der Waals surface area contributed by atoms with Gasteiger partial charge in [0.15, 0.2) is 0 Å². The van der Waals surface area contributed by atoms with Crippen LogP contribution in [0, 0.1) is 34.4 Å². The Bertz CT molecular complexity index is 1550. The summed E-state index contributed by atoms with van der Waals surface area (Å²) < 4.78 is 53.8. The summed E-state index contributed by atoms with van der Waals surface area (Å²) in [7, 11) is -4.47. The average Bonchev–Trinajstić information content (AvgIpc) is 3.55. The van der Waals surface area contributed by atoms with Gasteiger partial charge in [-0.15, -0.1) is 0 Å². The summed E-state index contributed by atoms with van der Waals surface area (Å²) in [6.07, 6.45) is 3.59. The first-order valence-electron chi connectivity index (χ1n) is 13.3. The molecule has 1 saturated heterocycles. The number of ether oxygens (including phenoxy) is 3. The molecule has 0 spiro atoms. The maximum Gasteiger partial charge on any atom is 0.340 e. The summed E-state index contributed by atoms with van der Waals surface area (Å²) in [5, 5.41) is 0. The molecule has 41 heavy (non-hydrogen) atoms. The van der Waals surface area contributed by atoms with E-state index in [0.29, 0.717) is 17.5 Å². The number of hydrogen-bond donors (Lipinski definition) is 1.